The molecule has 2 nitrogen and oxygen atoms in total. The predicted octanol–water partition coefficient (Wildman–Crippen LogP) is 6.04. The second kappa shape index (κ2) is 7.24. The Morgan fingerprint density at radius 3 is 2.24 bits per heavy atom. The van der Waals surface area contributed by atoms with Crippen LogP contribution in [0.2, 0.25) is 0 Å². The van der Waals surface area contributed by atoms with Gasteiger partial charge in [-0.15, -0.1) is 11.3 Å². The van der Waals surface area contributed by atoms with Crippen molar-refractivity contribution < 1.29 is 0 Å². The fourth-order valence-electron chi connectivity index (χ4n) is 2.63. The Morgan fingerprint density at radius 1 is 0.760 bits per heavy atom. The smallest absolute Gasteiger partial charge is 0.169 e. The van der Waals surface area contributed by atoms with E-state index >= 15 is 0 Å². The molecule has 0 fully saturated rings. The zero-order valence-corrected chi connectivity index (χ0v) is 14.4. The first-order chi connectivity index (χ1) is 12.4. The average molecular weight is 340 g/mol. The summed E-state index contributed by atoms with van der Waals surface area (Å²) >= 11 is 1.65. The standard InChI is InChI=1S/C22H16N2S/c1-3-8-17(9-4-1)13-14-20-19(18-10-5-2-6-11-18)16-23-22(24-20)21-12-7-15-25-21/h1-16H/b14-13+. The summed E-state index contributed by atoms with van der Waals surface area (Å²) in [6, 6.07) is 24.6. The van der Waals surface area contributed by atoms with Crippen molar-refractivity contribution in [2.75, 3.05) is 0 Å². The largest absolute Gasteiger partial charge is 0.235 e. The SMILES string of the molecule is C(=C\c1nc(-c2cccs2)ncc1-c1ccccc1)/c1ccccc1. The van der Waals surface area contributed by atoms with Gasteiger partial charge in [-0.3, -0.25) is 0 Å². The first-order valence-corrected chi connectivity index (χ1v) is 8.97. The minimum absolute atomic E-state index is 0.766. The highest BCUT2D eigenvalue weighted by atomic mass is 32.1. The molecule has 0 aliphatic carbocycles. The summed E-state index contributed by atoms with van der Waals surface area (Å²) < 4.78 is 0. The van der Waals surface area contributed by atoms with E-state index in [0.29, 0.717) is 0 Å². The molecule has 0 bridgehead atoms. The Labute approximate surface area is 151 Å². The van der Waals surface area contributed by atoms with Gasteiger partial charge in [0, 0.05) is 11.8 Å². The molecular weight excluding hydrogens is 324 g/mol. The average Bonchev–Trinajstić information content (AvgIpc) is 3.22. The zero-order chi connectivity index (χ0) is 16.9. The summed E-state index contributed by atoms with van der Waals surface area (Å²) in [5.41, 5.74) is 4.23. The number of aromatic nitrogens is 2. The Hall–Kier alpha value is -3.04. The quantitative estimate of drug-likeness (QED) is 0.452. The number of thiophene rings is 1. The Balaban J connectivity index is 1.80. The molecule has 2 aromatic heterocycles. The van der Waals surface area contributed by atoms with Gasteiger partial charge in [0.25, 0.3) is 0 Å². The number of hydrogen-bond donors (Lipinski definition) is 0. The molecule has 4 aromatic rings. The molecule has 0 radical (unpaired) electrons. The van der Waals surface area contributed by atoms with Crippen LogP contribution >= 0.6 is 11.3 Å². The third kappa shape index (κ3) is 3.57. The van der Waals surface area contributed by atoms with E-state index in [1.54, 1.807) is 11.3 Å². The van der Waals surface area contributed by atoms with Gasteiger partial charge in [-0.2, -0.15) is 0 Å². The topological polar surface area (TPSA) is 25.8 Å². The van der Waals surface area contributed by atoms with E-state index in [2.05, 4.69) is 41.4 Å². The molecule has 0 aliphatic heterocycles. The van der Waals surface area contributed by atoms with Gasteiger partial charge in [0.2, 0.25) is 0 Å². The van der Waals surface area contributed by atoms with Crippen molar-refractivity contribution in [3.63, 3.8) is 0 Å². The van der Waals surface area contributed by atoms with Gasteiger partial charge in [-0.25, -0.2) is 9.97 Å². The van der Waals surface area contributed by atoms with Crippen molar-refractivity contribution >= 4 is 23.5 Å². The third-order valence-corrected chi connectivity index (χ3v) is 4.74. The lowest BCUT2D eigenvalue weighted by Gasteiger charge is -2.07. The fraction of sp³-hybridized carbons (Fsp3) is 0. The highest BCUT2D eigenvalue weighted by Gasteiger charge is 2.09. The summed E-state index contributed by atoms with van der Waals surface area (Å²) in [5, 5.41) is 2.04. The molecule has 120 valence electrons. The molecule has 2 aromatic carbocycles. The normalized spacial score (nSPS) is 11.0. The van der Waals surface area contributed by atoms with Crippen LogP contribution < -0.4 is 0 Å². The van der Waals surface area contributed by atoms with Gasteiger partial charge in [-0.1, -0.05) is 72.8 Å². The monoisotopic (exact) mass is 340 g/mol. The Kier molecular flexibility index (Phi) is 4.49. The lowest BCUT2D eigenvalue weighted by atomic mass is 10.0. The van der Waals surface area contributed by atoms with Crippen molar-refractivity contribution in [1.82, 2.24) is 9.97 Å². The number of benzene rings is 2. The Bertz CT molecular complexity index is 975. The van der Waals surface area contributed by atoms with Crippen LogP contribution in [-0.4, -0.2) is 9.97 Å². The molecule has 0 unspecified atom stereocenters. The van der Waals surface area contributed by atoms with Gasteiger partial charge in [0.05, 0.1) is 10.6 Å². The molecule has 25 heavy (non-hydrogen) atoms. The zero-order valence-electron chi connectivity index (χ0n) is 13.5. The summed E-state index contributed by atoms with van der Waals surface area (Å²) in [6.07, 6.45) is 6.07. The van der Waals surface area contributed by atoms with Gasteiger partial charge >= 0.3 is 0 Å². The molecular formula is C22H16N2S. The van der Waals surface area contributed by atoms with Crippen LogP contribution in [0.3, 0.4) is 0 Å². The molecule has 0 spiro atoms. The van der Waals surface area contributed by atoms with Crippen molar-refractivity contribution in [1.29, 1.82) is 0 Å². The van der Waals surface area contributed by atoms with Crippen molar-refractivity contribution in [2.45, 2.75) is 0 Å². The molecule has 3 heteroatoms. The summed E-state index contributed by atoms with van der Waals surface area (Å²) in [6.45, 7) is 0. The summed E-state index contributed by atoms with van der Waals surface area (Å²) in [4.78, 5) is 10.5. The van der Waals surface area contributed by atoms with Crippen LogP contribution in [0, 0.1) is 0 Å². The lowest BCUT2D eigenvalue weighted by Crippen LogP contribution is -1.94. The number of nitrogens with zero attached hydrogens (tertiary/aromatic N) is 2. The van der Waals surface area contributed by atoms with E-state index in [4.69, 9.17) is 4.98 Å². The summed E-state index contributed by atoms with van der Waals surface area (Å²) in [5.74, 6) is 0.766. The van der Waals surface area contributed by atoms with Gasteiger partial charge < -0.3 is 0 Å². The molecule has 0 N–H and O–H groups in total. The predicted molar refractivity (Wildman–Crippen MR) is 106 cm³/mol. The fourth-order valence-corrected chi connectivity index (χ4v) is 3.29. The van der Waals surface area contributed by atoms with Crippen molar-refractivity contribution in [3.8, 4) is 21.8 Å². The van der Waals surface area contributed by atoms with Crippen LogP contribution in [-0.2, 0) is 0 Å². The maximum atomic E-state index is 4.82. The minimum Gasteiger partial charge on any atom is -0.235 e. The first kappa shape index (κ1) is 15.5. The molecule has 0 amide bonds. The Morgan fingerprint density at radius 2 is 1.52 bits per heavy atom. The van der Waals surface area contributed by atoms with Crippen molar-refractivity contribution in [2.24, 2.45) is 0 Å². The van der Waals surface area contributed by atoms with Gasteiger partial charge in [0.15, 0.2) is 5.82 Å². The van der Waals surface area contributed by atoms with Crippen LogP contribution in [0.15, 0.2) is 84.4 Å². The van der Waals surface area contributed by atoms with Gasteiger partial charge in [0.1, 0.15) is 0 Å². The third-order valence-electron chi connectivity index (χ3n) is 3.88. The highest BCUT2D eigenvalue weighted by molar-refractivity contribution is 7.13. The van der Waals surface area contributed by atoms with E-state index in [9.17, 15) is 0 Å². The number of hydrogen-bond acceptors (Lipinski definition) is 3. The lowest BCUT2D eigenvalue weighted by molar-refractivity contribution is 1.17. The van der Waals surface area contributed by atoms with Crippen LogP contribution in [0.5, 0.6) is 0 Å². The molecule has 0 aliphatic rings. The van der Waals surface area contributed by atoms with E-state index in [-0.39, 0.29) is 0 Å². The van der Waals surface area contributed by atoms with E-state index in [1.807, 2.05) is 60.1 Å². The van der Waals surface area contributed by atoms with Crippen LogP contribution in [0.4, 0.5) is 0 Å². The van der Waals surface area contributed by atoms with Crippen LogP contribution in [0.1, 0.15) is 11.3 Å². The van der Waals surface area contributed by atoms with Crippen molar-refractivity contribution in [3.05, 3.63) is 95.6 Å². The second-order valence-corrected chi connectivity index (χ2v) is 6.53. The highest BCUT2D eigenvalue weighted by Crippen LogP contribution is 2.27. The second-order valence-electron chi connectivity index (χ2n) is 5.58. The number of rotatable bonds is 4. The van der Waals surface area contributed by atoms with E-state index < -0.39 is 0 Å². The maximum absolute atomic E-state index is 4.82. The minimum atomic E-state index is 0.766. The molecule has 0 saturated carbocycles. The van der Waals surface area contributed by atoms with E-state index in [1.165, 1.54) is 0 Å². The van der Waals surface area contributed by atoms with Gasteiger partial charge in [-0.05, 0) is 28.6 Å². The van der Waals surface area contributed by atoms with E-state index in [0.717, 1.165) is 33.1 Å². The maximum Gasteiger partial charge on any atom is 0.169 e. The molecule has 0 atom stereocenters. The molecule has 0 saturated heterocycles. The molecule has 2 heterocycles. The summed E-state index contributed by atoms with van der Waals surface area (Å²) in [7, 11) is 0. The first-order valence-electron chi connectivity index (χ1n) is 8.09. The molecule has 4 rings (SSSR count). The van der Waals surface area contributed by atoms with Crippen LogP contribution in [0.25, 0.3) is 34.0 Å².